The van der Waals surface area contributed by atoms with Crippen LogP contribution < -0.4 is 14.2 Å². The number of benzene rings is 1. The van der Waals surface area contributed by atoms with E-state index in [1.165, 1.54) is 31.2 Å². The number of pyridine rings is 1. The van der Waals surface area contributed by atoms with E-state index in [1.807, 2.05) is 0 Å². The zero-order valence-electron chi connectivity index (χ0n) is 20.3. The molecule has 0 fully saturated rings. The SMILES string of the molecule is COc1cccc(OC)c1-n1c(NS(=O)(=O)CCc2ncc(Cl)cc2-c2cc[nH]n2)nnc1-c1ccco1. The second kappa shape index (κ2) is 10.6. The Morgan fingerprint density at radius 2 is 1.89 bits per heavy atom. The highest BCUT2D eigenvalue weighted by molar-refractivity contribution is 7.92. The number of sulfonamides is 1. The van der Waals surface area contributed by atoms with E-state index in [-0.39, 0.29) is 23.9 Å². The number of hydrogen-bond donors (Lipinski definition) is 2. The van der Waals surface area contributed by atoms with Gasteiger partial charge in [-0.25, -0.2) is 8.42 Å². The molecule has 12 nitrogen and oxygen atoms in total. The number of halogens is 1. The van der Waals surface area contributed by atoms with Crippen molar-refractivity contribution < 1.29 is 22.3 Å². The molecule has 1 aromatic carbocycles. The molecule has 0 aliphatic rings. The summed E-state index contributed by atoms with van der Waals surface area (Å²) in [5.74, 6) is 1.06. The molecule has 0 radical (unpaired) electrons. The molecule has 0 atom stereocenters. The Labute approximate surface area is 222 Å². The fraction of sp³-hybridized carbons (Fsp3) is 0.167. The summed E-state index contributed by atoms with van der Waals surface area (Å²) < 4.78 is 47.2. The zero-order chi connectivity index (χ0) is 26.7. The lowest BCUT2D eigenvalue weighted by atomic mass is 10.1. The quantitative estimate of drug-likeness (QED) is 0.261. The van der Waals surface area contributed by atoms with Gasteiger partial charge in [0.05, 0.1) is 42.6 Å². The third-order valence-electron chi connectivity index (χ3n) is 5.60. The summed E-state index contributed by atoms with van der Waals surface area (Å²) in [6.07, 6.45) is 4.70. The van der Waals surface area contributed by atoms with E-state index < -0.39 is 10.0 Å². The van der Waals surface area contributed by atoms with Gasteiger partial charge in [0.2, 0.25) is 21.8 Å². The number of aromatic nitrogens is 6. The van der Waals surface area contributed by atoms with Crippen molar-refractivity contribution >= 4 is 27.6 Å². The molecule has 0 amide bonds. The van der Waals surface area contributed by atoms with E-state index in [0.717, 1.165) is 0 Å². The van der Waals surface area contributed by atoms with Crippen LogP contribution in [0, 0.1) is 0 Å². The van der Waals surface area contributed by atoms with Gasteiger partial charge in [-0.05, 0) is 36.4 Å². The predicted octanol–water partition coefficient (Wildman–Crippen LogP) is 3.97. The molecule has 38 heavy (non-hydrogen) atoms. The van der Waals surface area contributed by atoms with E-state index in [4.69, 9.17) is 25.5 Å². The Bertz CT molecular complexity index is 1630. The Kier molecular flexibility index (Phi) is 7.03. The molecule has 0 unspecified atom stereocenters. The predicted molar refractivity (Wildman–Crippen MR) is 140 cm³/mol. The third kappa shape index (κ3) is 5.06. The molecule has 4 aromatic heterocycles. The number of nitrogens with zero attached hydrogens (tertiary/aromatic N) is 5. The van der Waals surface area contributed by atoms with Crippen molar-refractivity contribution in [3.8, 4) is 40.0 Å². The van der Waals surface area contributed by atoms with Gasteiger partial charge in [0.1, 0.15) is 17.2 Å². The van der Waals surface area contributed by atoms with Crippen LogP contribution in [0.4, 0.5) is 5.95 Å². The Hall–Kier alpha value is -4.36. The van der Waals surface area contributed by atoms with Crippen LogP contribution >= 0.6 is 11.6 Å². The minimum Gasteiger partial charge on any atom is -0.494 e. The summed E-state index contributed by atoms with van der Waals surface area (Å²) in [5, 5.41) is 15.6. The number of anilines is 1. The van der Waals surface area contributed by atoms with Gasteiger partial charge >= 0.3 is 0 Å². The number of ether oxygens (including phenoxy) is 2. The Morgan fingerprint density at radius 3 is 2.55 bits per heavy atom. The van der Waals surface area contributed by atoms with Crippen LogP contribution in [0.3, 0.4) is 0 Å². The number of nitrogens with one attached hydrogen (secondary N) is 2. The fourth-order valence-corrected chi connectivity index (χ4v) is 5.03. The molecular weight excluding hydrogens is 534 g/mol. The van der Waals surface area contributed by atoms with Crippen molar-refractivity contribution in [2.24, 2.45) is 0 Å². The monoisotopic (exact) mass is 555 g/mol. The number of para-hydroxylation sites is 1. The molecule has 2 N–H and O–H groups in total. The lowest BCUT2D eigenvalue weighted by Gasteiger charge is -2.17. The summed E-state index contributed by atoms with van der Waals surface area (Å²) in [6, 6.07) is 12.0. The van der Waals surface area contributed by atoms with Crippen molar-refractivity contribution in [1.82, 2.24) is 29.9 Å². The van der Waals surface area contributed by atoms with Gasteiger partial charge in [0.25, 0.3) is 0 Å². The Morgan fingerprint density at radius 1 is 1.11 bits per heavy atom. The first kappa shape index (κ1) is 25.3. The number of methoxy groups -OCH3 is 2. The van der Waals surface area contributed by atoms with E-state index >= 15 is 0 Å². The van der Waals surface area contributed by atoms with Gasteiger partial charge in [0, 0.05) is 24.4 Å². The van der Waals surface area contributed by atoms with Crippen LogP contribution in [0.1, 0.15) is 5.69 Å². The van der Waals surface area contributed by atoms with Gasteiger partial charge < -0.3 is 13.9 Å². The number of rotatable bonds is 10. The van der Waals surface area contributed by atoms with Crippen molar-refractivity contribution in [3.63, 3.8) is 0 Å². The maximum Gasteiger partial charge on any atom is 0.243 e. The zero-order valence-corrected chi connectivity index (χ0v) is 21.8. The second-order valence-electron chi connectivity index (χ2n) is 7.95. The van der Waals surface area contributed by atoms with E-state index in [2.05, 4.69) is 30.1 Å². The van der Waals surface area contributed by atoms with Gasteiger partial charge in [0.15, 0.2) is 5.76 Å². The minimum atomic E-state index is -3.94. The lowest BCUT2D eigenvalue weighted by molar-refractivity contribution is 0.391. The minimum absolute atomic E-state index is 0.0733. The third-order valence-corrected chi connectivity index (χ3v) is 7.04. The largest absolute Gasteiger partial charge is 0.494 e. The number of furan rings is 1. The molecule has 0 saturated carbocycles. The number of H-pyrrole nitrogens is 1. The molecule has 0 aliphatic carbocycles. The normalized spacial score (nSPS) is 11.4. The molecule has 14 heteroatoms. The number of aromatic amines is 1. The average molecular weight is 556 g/mol. The van der Waals surface area contributed by atoms with Crippen molar-refractivity contribution in [1.29, 1.82) is 0 Å². The molecule has 0 bridgehead atoms. The molecule has 0 spiro atoms. The van der Waals surface area contributed by atoms with Gasteiger partial charge in [-0.1, -0.05) is 17.7 Å². The molecule has 0 aliphatic heterocycles. The first-order valence-electron chi connectivity index (χ1n) is 11.3. The van der Waals surface area contributed by atoms with Crippen LogP contribution in [0.5, 0.6) is 11.5 Å². The van der Waals surface area contributed by atoms with E-state index in [0.29, 0.717) is 44.9 Å². The molecular formula is C24H22ClN7O5S. The molecule has 0 saturated heterocycles. The summed E-state index contributed by atoms with van der Waals surface area (Å²) in [7, 11) is -0.950. The maximum absolute atomic E-state index is 13.3. The maximum atomic E-state index is 13.3. The molecule has 4 heterocycles. The van der Waals surface area contributed by atoms with Crippen LogP contribution in [-0.2, 0) is 16.4 Å². The fourth-order valence-electron chi connectivity index (χ4n) is 3.90. The van der Waals surface area contributed by atoms with Crippen molar-refractivity contribution in [3.05, 3.63) is 71.8 Å². The average Bonchev–Trinajstić information content (AvgIpc) is 3.69. The topological polar surface area (TPSA) is 150 Å². The lowest BCUT2D eigenvalue weighted by Crippen LogP contribution is -2.21. The summed E-state index contributed by atoms with van der Waals surface area (Å²) in [6.45, 7) is 0. The summed E-state index contributed by atoms with van der Waals surface area (Å²) in [5.41, 5.74) is 2.16. The van der Waals surface area contributed by atoms with Gasteiger partial charge in [-0.3, -0.25) is 19.4 Å². The highest BCUT2D eigenvalue weighted by Gasteiger charge is 2.26. The van der Waals surface area contributed by atoms with Crippen LogP contribution in [-0.4, -0.2) is 58.3 Å². The van der Waals surface area contributed by atoms with Crippen LogP contribution in [0.15, 0.2) is 65.5 Å². The molecule has 5 aromatic rings. The smallest absolute Gasteiger partial charge is 0.243 e. The highest BCUT2D eigenvalue weighted by atomic mass is 35.5. The summed E-state index contributed by atoms with van der Waals surface area (Å²) >= 11 is 6.12. The van der Waals surface area contributed by atoms with Gasteiger partial charge in [-0.2, -0.15) is 5.10 Å². The van der Waals surface area contributed by atoms with Crippen LogP contribution in [0.25, 0.3) is 28.5 Å². The first-order chi connectivity index (χ1) is 18.4. The van der Waals surface area contributed by atoms with Crippen molar-refractivity contribution in [2.45, 2.75) is 6.42 Å². The van der Waals surface area contributed by atoms with Gasteiger partial charge in [-0.15, -0.1) is 10.2 Å². The standard InChI is InChI=1S/C24H22ClN7O5S/c1-35-19-5-3-6-20(36-2)22(19)32-23(21-7-4-11-37-21)29-30-24(32)31-38(33,34)12-9-17-16(13-15(25)14-26-17)18-8-10-27-28-18/h3-8,10-11,13-14H,9,12H2,1-2H3,(H,27,28)(H,30,31). The number of hydrogen-bond acceptors (Lipinski definition) is 9. The summed E-state index contributed by atoms with van der Waals surface area (Å²) in [4.78, 5) is 4.34. The van der Waals surface area contributed by atoms with Crippen LogP contribution in [0.2, 0.25) is 5.02 Å². The van der Waals surface area contributed by atoms with E-state index in [1.54, 1.807) is 48.7 Å². The Balaban J connectivity index is 1.50. The molecule has 5 rings (SSSR count). The molecule has 196 valence electrons. The first-order valence-corrected chi connectivity index (χ1v) is 13.3. The number of aryl methyl sites for hydroxylation is 1. The van der Waals surface area contributed by atoms with Crippen molar-refractivity contribution in [2.75, 3.05) is 24.7 Å². The second-order valence-corrected chi connectivity index (χ2v) is 10.2. The highest BCUT2D eigenvalue weighted by Crippen LogP contribution is 2.37. The van der Waals surface area contributed by atoms with E-state index in [9.17, 15) is 8.42 Å².